The van der Waals surface area contributed by atoms with Crippen molar-refractivity contribution >= 4 is 5.97 Å². The molecule has 0 aromatic heterocycles. The van der Waals surface area contributed by atoms with Crippen molar-refractivity contribution in [3.8, 4) is 0 Å². The Morgan fingerprint density at radius 3 is 2.16 bits per heavy atom. The van der Waals surface area contributed by atoms with Gasteiger partial charge in [-0.15, -0.1) is 0 Å². The first kappa shape index (κ1) is 16.3. The molecule has 0 aromatic rings. The Hall–Kier alpha value is -0.780. The fraction of sp³-hybridized carbons (Fsp3) is 0.923. The fourth-order valence-electron chi connectivity index (χ4n) is 2.67. The average molecular weight is 281 g/mol. The van der Waals surface area contributed by atoms with Crippen LogP contribution in [0.15, 0.2) is 0 Å². The first-order valence-corrected chi connectivity index (χ1v) is 6.75. The van der Waals surface area contributed by atoms with Gasteiger partial charge < -0.3 is 5.11 Å². The minimum Gasteiger partial charge on any atom is -0.481 e. The molecule has 1 aliphatic rings. The van der Waals surface area contributed by atoms with Gasteiger partial charge in [-0.25, -0.2) is 0 Å². The van der Waals surface area contributed by atoms with Gasteiger partial charge in [0, 0.05) is 19.1 Å². The predicted molar refractivity (Wildman–Crippen MR) is 65.8 cm³/mol. The molecule has 0 aliphatic heterocycles. The third-order valence-electron chi connectivity index (χ3n) is 3.55. The normalized spacial score (nSPS) is 19.3. The van der Waals surface area contributed by atoms with Crippen molar-refractivity contribution in [2.45, 2.75) is 51.7 Å². The van der Waals surface area contributed by atoms with Crippen molar-refractivity contribution in [2.24, 2.45) is 11.8 Å². The van der Waals surface area contributed by atoms with Crippen LogP contribution in [0.4, 0.5) is 13.2 Å². The van der Waals surface area contributed by atoms with E-state index >= 15 is 0 Å². The van der Waals surface area contributed by atoms with Gasteiger partial charge in [-0.1, -0.05) is 26.7 Å². The second kappa shape index (κ2) is 6.59. The summed E-state index contributed by atoms with van der Waals surface area (Å²) < 4.78 is 38.2. The van der Waals surface area contributed by atoms with E-state index in [-0.39, 0.29) is 12.0 Å². The number of rotatable bonds is 6. The van der Waals surface area contributed by atoms with E-state index in [1.54, 1.807) is 4.90 Å². The van der Waals surface area contributed by atoms with Crippen LogP contribution in [0, 0.1) is 11.8 Å². The van der Waals surface area contributed by atoms with Crippen LogP contribution in [-0.2, 0) is 4.79 Å². The van der Waals surface area contributed by atoms with Gasteiger partial charge in [0.05, 0.1) is 0 Å². The molecule has 1 N–H and O–H groups in total. The molecule has 1 unspecified atom stereocenters. The van der Waals surface area contributed by atoms with Gasteiger partial charge in [-0.2, -0.15) is 13.2 Å². The largest absolute Gasteiger partial charge is 0.481 e. The molecule has 0 radical (unpaired) electrons. The molecule has 112 valence electrons. The highest BCUT2D eigenvalue weighted by Gasteiger charge is 2.46. The molecule has 1 aliphatic carbocycles. The molecular weight excluding hydrogens is 259 g/mol. The second-order valence-corrected chi connectivity index (χ2v) is 5.72. The average Bonchev–Trinajstić information content (AvgIpc) is 2.74. The lowest BCUT2D eigenvalue weighted by Crippen LogP contribution is -2.46. The van der Waals surface area contributed by atoms with Crippen LogP contribution in [0.1, 0.15) is 39.5 Å². The Morgan fingerprint density at radius 1 is 1.26 bits per heavy atom. The lowest BCUT2D eigenvalue weighted by atomic mass is 10.0. The number of aliphatic carboxylic acids is 1. The quantitative estimate of drug-likeness (QED) is 0.813. The number of hydrogen-bond donors (Lipinski definition) is 1. The molecule has 6 heteroatoms. The van der Waals surface area contributed by atoms with E-state index in [0.717, 1.165) is 25.7 Å². The highest BCUT2D eigenvalue weighted by Crippen LogP contribution is 2.31. The van der Waals surface area contributed by atoms with E-state index < -0.39 is 24.6 Å². The molecule has 0 saturated heterocycles. The first-order valence-electron chi connectivity index (χ1n) is 6.75. The van der Waals surface area contributed by atoms with E-state index in [0.29, 0.717) is 6.54 Å². The highest BCUT2D eigenvalue weighted by atomic mass is 19.4. The zero-order chi connectivity index (χ0) is 14.6. The molecule has 1 saturated carbocycles. The number of carboxylic acid groups (broad SMARTS) is 1. The molecule has 19 heavy (non-hydrogen) atoms. The molecule has 1 atom stereocenters. The summed E-state index contributed by atoms with van der Waals surface area (Å²) in [5.74, 6) is -3.84. The maximum atomic E-state index is 12.7. The number of nitrogens with zero attached hydrogens (tertiary/aromatic N) is 1. The Morgan fingerprint density at radius 2 is 1.79 bits per heavy atom. The lowest BCUT2D eigenvalue weighted by molar-refractivity contribution is -0.197. The van der Waals surface area contributed by atoms with Gasteiger partial charge in [0.1, 0.15) is 0 Å². The van der Waals surface area contributed by atoms with Gasteiger partial charge in [0.25, 0.3) is 0 Å². The molecule has 0 bridgehead atoms. The van der Waals surface area contributed by atoms with Gasteiger partial charge in [-0.05, 0) is 18.8 Å². The third-order valence-corrected chi connectivity index (χ3v) is 3.55. The molecule has 0 heterocycles. The molecule has 0 spiro atoms. The lowest BCUT2D eigenvalue weighted by Gasteiger charge is -2.33. The van der Waals surface area contributed by atoms with Crippen molar-refractivity contribution in [1.82, 2.24) is 4.90 Å². The summed E-state index contributed by atoms with van der Waals surface area (Å²) in [5.41, 5.74) is 0. The van der Waals surface area contributed by atoms with Crippen molar-refractivity contribution in [1.29, 1.82) is 0 Å². The fourth-order valence-corrected chi connectivity index (χ4v) is 2.67. The van der Waals surface area contributed by atoms with Crippen LogP contribution in [0.2, 0.25) is 0 Å². The summed E-state index contributed by atoms with van der Waals surface area (Å²) in [4.78, 5) is 12.6. The standard InChI is InChI=1S/C13H22F3NO2/c1-9(2)7-17(10-5-3-4-6-10)8-11(12(18)19)13(14,15)16/h9-11H,3-8H2,1-2H3,(H,18,19). The summed E-state index contributed by atoms with van der Waals surface area (Å²) >= 11 is 0. The van der Waals surface area contributed by atoms with Crippen LogP contribution < -0.4 is 0 Å². The number of carbonyl (C=O) groups is 1. The van der Waals surface area contributed by atoms with Gasteiger partial charge in [0.2, 0.25) is 0 Å². The van der Waals surface area contributed by atoms with Crippen LogP contribution >= 0.6 is 0 Å². The van der Waals surface area contributed by atoms with E-state index in [2.05, 4.69) is 0 Å². The van der Waals surface area contributed by atoms with Crippen LogP contribution in [0.3, 0.4) is 0 Å². The maximum absolute atomic E-state index is 12.7. The SMILES string of the molecule is CC(C)CN(CC(C(=O)O)C(F)(F)F)C1CCCC1. The zero-order valence-corrected chi connectivity index (χ0v) is 11.4. The van der Waals surface area contributed by atoms with Crippen LogP contribution in [-0.4, -0.2) is 41.3 Å². The Labute approximate surface area is 111 Å². The van der Waals surface area contributed by atoms with E-state index in [1.807, 2.05) is 13.8 Å². The van der Waals surface area contributed by atoms with E-state index in [4.69, 9.17) is 5.11 Å². The summed E-state index contributed by atoms with van der Waals surface area (Å²) in [5, 5.41) is 8.79. The van der Waals surface area contributed by atoms with Crippen molar-refractivity contribution in [2.75, 3.05) is 13.1 Å². The summed E-state index contributed by atoms with van der Waals surface area (Å²) in [7, 11) is 0. The second-order valence-electron chi connectivity index (χ2n) is 5.72. The topological polar surface area (TPSA) is 40.5 Å². The molecule has 1 rings (SSSR count). The Balaban J connectivity index is 2.76. The van der Waals surface area contributed by atoms with Crippen molar-refractivity contribution in [3.63, 3.8) is 0 Å². The summed E-state index contributed by atoms with van der Waals surface area (Å²) in [6.07, 6.45) is -0.903. The minimum absolute atomic E-state index is 0.103. The zero-order valence-electron chi connectivity index (χ0n) is 11.4. The summed E-state index contributed by atoms with van der Waals surface area (Å²) in [6, 6.07) is 0.103. The Kier molecular flexibility index (Phi) is 5.64. The van der Waals surface area contributed by atoms with Gasteiger partial charge in [0.15, 0.2) is 5.92 Å². The molecule has 3 nitrogen and oxygen atoms in total. The van der Waals surface area contributed by atoms with Crippen molar-refractivity contribution < 1.29 is 23.1 Å². The smallest absolute Gasteiger partial charge is 0.403 e. The maximum Gasteiger partial charge on any atom is 0.403 e. The molecule has 1 fully saturated rings. The molecule has 0 aromatic carbocycles. The monoisotopic (exact) mass is 281 g/mol. The van der Waals surface area contributed by atoms with Gasteiger partial charge in [-0.3, -0.25) is 9.69 Å². The third kappa shape index (κ3) is 5.01. The highest BCUT2D eigenvalue weighted by molar-refractivity contribution is 5.71. The van der Waals surface area contributed by atoms with Crippen LogP contribution in [0.25, 0.3) is 0 Å². The number of alkyl halides is 3. The summed E-state index contributed by atoms with van der Waals surface area (Å²) in [6.45, 7) is 3.96. The number of hydrogen-bond acceptors (Lipinski definition) is 2. The molecule has 0 amide bonds. The number of carboxylic acids is 1. The number of halogens is 3. The van der Waals surface area contributed by atoms with E-state index in [9.17, 15) is 18.0 Å². The molecular formula is C13H22F3NO2. The predicted octanol–water partition coefficient (Wildman–Crippen LogP) is 3.15. The Bertz CT molecular complexity index is 299. The van der Waals surface area contributed by atoms with E-state index in [1.165, 1.54) is 0 Å². The van der Waals surface area contributed by atoms with Crippen molar-refractivity contribution in [3.05, 3.63) is 0 Å². The minimum atomic E-state index is -4.68. The van der Waals surface area contributed by atoms with Gasteiger partial charge >= 0.3 is 12.1 Å². The first-order chi connectivity index (χ1) is 8.71. The van der Waals surface area contributed by atoms with Crippen LogP contribution in [0.5, 0.6) is 0 Å².